The fourth-order valence-electron chi connectivity index (χ4n) is 3.88. The van der Waals surface area contributed by atoms with E-state index in [1.54, 1.807) is 25.6 Å². The maximum Gasteiger partial charge on any atom is 0.245 e. The zero-order chi connectivity index (χ0) is 20.4. The number of anilines is 1. The van der Waals surface area contributed by atoms with Crippen LogP contribution >= 0.6 is 11.3 Å². The fraction of sp³-hybridized carbons (Fsp3) is 0.364. The van der Waals surface area contributed by atoms with Gasteiger partial charge in [0.25, 0.3) is 0 Å². The lowest BCUT2D eigenvalue weighted by atomic mass is 10.0. The first-order valence-electron chi connectivity index (χ1n) is 9.75. The van der Waals surface area contributed by atoms with Gasteiger partial charge in [0.15, 0.2) is 5.13 Å². The molecule has 152 valence electrons. The Hall–Kier alpha value is -2.80. The number of ether oxygens (including phenoxy) is 2. The van der Waals surface area contributed by atoms with Gasteiger partial charge in [-0.3, -0.25) is 4.79 Å². The second-order valence-electron chi connectivity index (χ2n) is 7.15. The van der Waals surface area contributed by atoms with Crippen LogP contribution in [0.4, 0.5) is 5.13 Å². The summed E-state index contributed by atoms with van der Waals surface area (Å²) in [5.74, 6) is 1.61. The highest BCUT2D eigenvalue weighted by Gasteiger charge is 2.34. The highest BCUT2D eigenvalue weighted by Crippen LogP contribution is 2.39. The van der Waals surface area contributed by atoms with Crippen molar-refractivity contribution in [3.8, 4) is 11.5 Å². The van der Waals surface area contributed by atoms with Crippen LogP contribution in [-0.4, -0.2) is 42.6 Å². The van der Waals surface area contributed by atoms with Crippen molar-refractivity contribution in [1.82, 2.24) is 9.88 Å². The zero-order valence-electron chi connectivity index (χ0n) is 16.8. The summed E-state index contributed by atoms with van der Waals surface area (Å²) < 4.78 is 12.1. The van der Waals surface area contributed by atoms with Crippen molar-refractivity contribution in [2.24, 2.45) is 0 Å². The number of nitrogens with one attached hydrogen (secondary N) is 1. The molecule has 1 aromatic heterocycles. The molecule has 2 atom stereocenters. The smallest absolute Gasteiger partial charge is 0.245 e. The molecule has 1 amide bonds. The molecule has 1 aliphatic heterocycles. The average molecular weight is 412 g/mol. The molecule has 2 aromatic carbocycles. The Kier molecular flexibility index (Phi) is 5.58. The number of para-hydroxylation sites is 1. The largest absolute Gasteiger partial charge is 0.497 e. The van der Waals surface area contributed by atoms with E-state index >= 15 is 0 Å². The second-order valence-corrected chi connectivity index (χ2v) is 8.18. The fourth-order valence-corrected chi connectivity index (χ4v) is 4.84. The molecule has 2 heterocycles. The summed E-state index contributed by atoms with van der Waals surface area (Å²) in [6.45, 7) is 2.63. The number of aromatic nitrogens is 1. The average Bonchev–Trinajstić information content (AvgIpc) is 3.39. The van der Waals surface area contributed by atoms with Crippen LogP contribution in [0, 0.1) is 0 Å². The minimum atomic E-state index is -0.368. The standard InChI is InChI=1S/C22H25N3O3S/c1-14(23-22-24-17-7-4-5-9-20(17)29-22)21(26)25-12-6-8-18(25)16-13-15(27-2)10-11-19(16)28-3/h4-5,7,9-11,13-14,18H,6,8,12H2,1-3H3,(H,23,24). The van der Waals surface area contributed by atoms with Crippen LogP contribution in [0.5, 0.6) is 11.5 Å². The van der Waals surface area contributed by atoms with Crippen LogP contribution in [-0.2, 0) is 4.79 Å². The quantitative estimate of drug-likeness (QED) is 0.648. The van der Waals surface area contributed by atoms with Gasteiger partial charge in [-0.15, -0.1) is 0 Å². The van der Waals surface area contributed by atoms with Crippen LogP contribution < -0.4 is 14.8 Å². The van der Waals surface area contributed by atoms with E-state index in [0.717, 1.165) is 51.8 Å². The van der Waals surface area contributed by atoms with Gasteiger partial charge in [0.1, 0.15) is 17.5 Å². The lowest BCUT2D eigenvalue weighted by Gasteiger charge is -2.29. The second kappa shape index (κ2) is 8.29. The van der Waals surface area contributed by atoms with Gasteiger partial charge in [0.2, 0.25) is 5.91 Å². The lowest BCUT2D eigenvalue weighted by Crippen LogP contribution is -2.41. The molecule has 4 rings (SSSR count). The molecule has 1 fully saturated rings. The van der Waals surface area contributed by atoms with Crippen molar-refractivity contribution in [2.45, 2.75) is 31.8 Å². The Labute approximate surface area is 174 Å². The number of methoxy groups -OCH3 is 2. The van der Waals surface area contributed by atoms with E-state index in [4.69, 9.17) is 9.47 Å². The Morgan fingerprint density at radius 1 is 1.24 bits per heavy atom. The molecule has 29 heavy (non-hydrogen) atoms. The van der Waals surface area contributed by atoms with Gasteiger partial charge in [0, 0.05) is 12.1 Å². The normalized spacial score (nSPS) is 17.3. The van der Waals surface area contributed by atoms with Gasteiger partial charge < -0.3 is 19.7 Å². The van der Waals surface area contributed by atoms with E-state index in [1.807, 2.05) is 54.3 Å². The summed E-state index contributed by atoms with van der Waals surface area (Å²) in [5.41, 5.74) is 1.93. The summed E-state index contributed by atoms with van der Waals surface area (Å²) in [6.07, 6.45) is 1.87. The van der Waals surface area contributed by atoms with Crippen molar-refractivity contribution in [3.05, 3.63) is 48.0 Å². The first-order chi connectivity index (χ1) is 14.1. The van der Waals surface area contributed by atoms with Crippen molar-refractivity contribution < 1.29 is 14.3 Å². The molecular weight excluding hydrogens is 386 g/mol. The predicted octanol–water partition coefficient (Wildman–Crippen LogP) is 4.48. The van der Waals surface area contributed by atoms with E-state index < -0.39 is 0 Å². The molecule has 0 saturated carbocycles. The van der Waals surface area contributed by atoms with Gasteiger partial charge in [-0.1, -0.05) is 23.5 Å². The molecule has 0 spiro atoms. The minimum Gasteiger partial charge on any atom is -0.497 e. The van der Waals surface area contributed by atoms with Crippen molar-refractivity contribution in [1.29, 1.82) is 0 Å². The maximum absolute atomic E-state index is 13.3. The van der Waals surface area contributed by atoms with Gasteiger partial charge in [0.05, 0.1) is 30.5 Å². The third-order valence-corrected chi connectivity index (χ3v) is 6.30. The highest BCUT2D eigenvalue weighted by molar-refractivity contribution is 7.22. The predicted molar refractivity (Wildman–Crippen MR) is 116 cm³/mol. The molecule has 0 bridgehead atoms. The van der Waals surface area contributed by atoms with E-state index in [-0.39, 0.29) is 18.0 Å². The van der Waals surface area contributed by atoms with E-state index in [2.05, 4.69) is 10.3 Å². The van der Waals surface area contributed by atoms with E-state index in [9.17, 15) is 4.79 Å². The summed E-state index contributed by atoms with van der Waals surface area (Å²) >= 11 is 1.56. The Bertz CT molecular complexity index is 986. The molecule has 6 nitrogen and oxygen atoms in total. The monoisotopic (exact) mass is 411 g/mol. The first kappa shape index (κ1) is 19.5. The van der Waals surface area contributed by atoms with Gasteiger partial charge in [-0.05, 0) is 50.1 Å². The topological polar surface area (TPSA) is 63.7 Å². The number of fused-ring (bicyclic) bond motifs is 1. The molecule has 0 radical (unpaired) electrons. The van der Waals surface area contributed by atoms with Gasteiger partial charge in [-0.2, -0.15) is 0 Å². The Balaban J connectivity index is 1.54. The molecule has 0 aliphatic carbocycles. The number of hydrogen-bond acceptors (Lipinski definition) is 6. The number of carbonyl (C=O) groups is 1. The van der Waals surface area contributed by atoms with Gasteiger partial charge >= 0.3 is 0 Å². The highest BCUT2D eigenvalue weighted by atomic mass is 32.1. The molecule has 1 N–H and O–H groups in total. The number of carbonyl (C=O) groups excluding carboxylic acids is 1. The summed E-state index contributed by atoms with van der Waals surface area (Å²) in [7, 11) is 3.30. The minimum absolute atomic E-state index is 0.0211. The number of nitrogens with zero attached hydrogens (tertiary/aromatic N) is 2. The number of likely N-dealkylation sites (tertiary alicyclic amines) is 1. The van der Waals surface area contributed by atoms with Crippen LogP contribution in [0.15, 0.2) is 42.5 Å². The van der Waals surface area contributed by atoms with Crippen molar-refractivity contribution in [3.63, 3.8) is 0 Å². The molecule has 7 heteroatoms. The third kappa shape index (κ3) is 3.87. The number of rotatable bonds is 6. The molecule has 2 unspecified atom stereocenters. The van der Waals surface area contributed by atoms with Crippen molar-refractivity contribution in [2.75, 3.05) is 26.1 Å². The molecular formula is C22H25N3O3S. The zero-order valence-corrected chi connectivity index (χ0v) is 17.7. The van der Waals surface area contributed by atoms with Crippen LogP contribution in [0.3, 0.4) is 0 Å². The van der Waals surface area contributed by atoms with E-state index in [1.165, 1.54) is 0 Å². The lowest BCUT2D eigenvalue weighted by molar-refractivity contribution is -0.132. The summed E-state index contributed by atoms with van der Waals surface area (Å²) in [6, 6.07) is 13.3. The summed E-state index contributed by atoms with van der Waals surface area (Å²) in [4.78, 5) is 19.8. The van der Waals surface area contributed by atoms with Crippen LogP contribution in [0.1, 0.15) is 31.4 Å². The van der Waals surface area contributed by atoms with Gasteiger partial charge in [-0.25, -0.2) is 4.98 Å². The SMILES string of the molecule is COc1ccc(OC)c(C2CCCN2C(=O)C(C)Nc2nc3ccccc3s2)c1. The maximum atomic E-state index is 13.3. The Morgan fingerprint density at radius 3 is 2.83 bits per heavy atom. The number of benzene rings is 2. The third-order valence-electron chi connectivity index (χ3n) is 5.34. The molecule has 1 saturated heterocycles. The molecule has 1 aliphatic rings. The number of thiazole rings is 1. The van der Waals surface area contributed by atoms with Crippen molar-refractivity contribution >= 4 is 32.6 Å². The molecule has 3 aromatic rings. The van der Waals surface area contributed by atoms with Crippen LogP contribution in [0.25, 0.3) is 10.2 Å². The Morgan fingerprint density at radius 2 is 2.07 bits per heavy atom. The van der Waals surface area contributed by atoms with E-state index in [0.29, 0.717) is 0 Å². The number of amides is 1. The number of hydrogen-bond donors (Lipinski definition) is 1. The summed E-state index contributed by atoms with van der Waals surface area (Å²) in [5, 5.41) is 4.06. The van der Waals surface area contributed by atoms with Crippen LogP contribution in [0.2, 0.25) is 0 Å². The first-order valence-corrected chi connectivity index (χ1v) is 10.6.